The Labute approximate surface area is 116 Å². The molecule has 0 aromatic heterocycles. The number of carboxylic acid groups (broad SMARTS) is 1. The largest absolute Gasteiger partial charge is 0.493 e. The van der Waals surface area contributed by atoms with E-state index in [1.807, 2.05) is 0 Å². The van der Waals surface area contributed by atoms with Gasteiger partial charge in [0.05, 0.1) is 31.1 Å². The van der Waals surface area contributed by atoms with E-state index >= 15 is 0 Å². The van der Waals surface area contributed by atoms with Gasteiger partial charge in [-0.1, -0.05) is 13.8 Å². The average Bonchev–Trinajstić information content (AvgIpc) is 2.36. The maximum atomic E-state index is 11.4. The maximum Gasteiger partial charge on any atom is 0.311 e. The van der Waals surface area contributed by atoms with Crippen LogP contribution in [0.25, 0.3) is 0 Å². The molecule has 0 bridgehead atoms. The van der Waals surface area contributed by atoms with Gasteiger partial charge in [0.15, 0.2) is 11.5 Å². The molecular weight excluding hydrogens is 266 g/mol. The van der Waals surface area contributed by atoms with Crippen LogP contribution in [0.4, 0.5) is 5.69 Å². The number of nitro benzene ring substituents is 1. The number of ether oxygens (including phenoxy) is 2. The topological polar surface area (TPSA) is 98.9 Å². The van der Waals surface area contributed by atoms with Crippen molar-refractivity contribution in [3.63, 3.8) is 0 Å². The summed E-state index contributed by atoms with van der Waals surface area (Å²) >= 11 is 0. The van der Waals surface area contributed by atoms with Crippen molar-refractivity contribution in [2.24, 2.45) is 5.92 Å². The summed E-state index contributed by atoms with van der Waals surface area (Å²) in [5.41, 5.74) is -0.182. The fourth-order valence-corrected chi connectivity index (χ4v) is 2.07. The monoisotopic (exact) mass is 283 g/mol. The minimum absolute atomic E-state index is 0.107. The van der Waals surface area contributed by atoms with Crippen LogP contribution >= 0.6 is 0 Å². The Hall–Kier alpha value is -2.31. The summed E-state index contributed by atoms with van der Waals surface area (Å²) in [7, 11) is 2.75. The van der Waals surface area contributed by atoms with Crippen molar-refractivity contribution in [3.05, 3.63) is 27.8 Å². The number of hydrogen-bond donors (Lipinski definition) is 1. The minimum Gasteiger partial charge on any atom is -0.493 e. The maximum absolute atomic E-state index is 11.4. The van der Waals surface area contributed by atoms with E-state index in [-0.39, 0.29) is 28.7 Å². The van der Waals surface area contributed by atoms with Crippen LogP contribution in [-0.4, -0.2) is 30.2 Å². The molecule has 110 valence electrons. The number of benzene rings is 1. The third-order valence-electron chi connectivity index (χ3n) is 3.00. The first kappa shape index (κ1) is 15.7. The molecule has 1 atom stereocenters. The van der Waals surface area contributed by atoms with Gasteiger partial charge in [-0.05, 0) is 12.0 Å². The van der Waals surface area contributed by atoms with Crippen LogP contribution in [0.3, 0.4) is 0 Å². The normalized spacial score (nSPS) is 12.1. The Balaban J connectivity index is 3.57. The Morgan fingerprint density at radius 3 is 2.10 bits per heavy atom. The number of rotatable bonds is 6. The molecule has 7 heteroatoms. The minimum atomic E-state index is -1.12. The molecule has 1 unspecified atom stereocenters. The van der Waals surface area contributed by atoms with Gasteiger partial charge in [-0.25, -0.2) is 0 Å². The van der Waals surface area contributed by atoms with E-state index in [0.29, 0.717) is 0 Å². The second-order valence-corrected chi connectivity index (χ2v) is 4.58. The van der Waals surface area contributed by atoms with E-state index in [4.69, 9.17) is 9.47 Å². The highest BCUT2D eigenvalue weighted by Gasteiger charge is 2.32. The van der Waals surface area contributed by atoms with Gasteiger partial charge in [-0.2, -0.15) is 0 Å². The molecule has 1 N–H and O–H groups in total. The van der Waals surface area contributed by atoms with E-state index in [2.05, 4.69) is 0 Å². The Morgan fingerprint density at radius 2 is 1.75 bits per heavy atom. The van der Waals surface area contributed by atoms with E-state index in [9.17, 15) is 20.0 Å². The van der Waals surface area contributed by atoms with Gasteiger partial charge in [-0.15, -0.1) is 0 Å². The highest BCUT2D eigenvalue weighted by molar-refractivity contribution is 5.79. The summed E-state index contributed by atoms with van der Waals surface area (Å²) in [5, 5.41) is 20.5. The van der Waals surface area contributed by atoms with Gasteiger partial charge in [0, 0.05) is 5.56 Å². The summed E-state index contributed by atoms with van der Waals surface area (Å²) in [4.78, 5) is 21.9. The lowest BCUT2D eigenvalue weighted by atomic mass is 9.87. The average molecular weight is 283 g/mol. The van der Waals surface area contributed by atoms with Gasteiger partial charge in [0.25, 0.3) is 5.69 Å². The third-order valence-corrected chi connectivity index (χ3v) is 3.00. The van der Waals surface area contributed by atoms with Crippen LogP contribution in [0, 0.1) is 16.0 Å². The summed E-state index contributed by atoms with van der Waals surface area (Å²) in [5.74, 6) is -1.95. The fraction of sp³-hybridized carbons (Fsp3) is 0.462. The number of aliphatic carboxylic acids is 1. The molecule has 20 heavy (non-hydrogen) atoms. The van der Waals surface area contributed by atoms with Gasteiger partial charge in [0.2, 0.25) is 0 Å². The van der Waals surface area contributed by atoms with E-state index in [1.54, 1.807) is 13.8 Å². The van der Waals surface area contributed by atoms with Crippen molar-refractivity contribution in [1.29, 1.82) is 0 Å². The first-order chi connectivity index (χ1) is 9.33. The van der Waals surface area contributed by atoms with Crippen molar-refractivity contribution in [2.45, 2.75) is 19.8 Å². The number of nitro groups is 1. The smallest absolute Gasteiger partial charge is 0.311 e. The summed E-state index contributed by atoms with van der Waals surface area (Å²) < 4.78 is 10.1. The summed E-state index contributed by atoms with van der Waals surface area (Å²) in [6.07, 6.45) is 0. The van der Waals surface area contributed by atoms with E-state index in [0.717, 1.165) is 0 Å². The number of methoxy groups -OCH3 is 2. The van der Waals surface area contributed by atoms with Gasteiger partial charge >= 0.3 is 5.97 Å². The predicted molar refractivity (Wildman–Crippen MR) is 71.4 cm³/mol. The van der Waals surface area contributed by atoms with Crippen LogP contribution < -0.4 is 9.47 Å². The predicted octanol–water partition coefficient (Wildman–Crippen LogP) is 2.44. The van der Waals surface area contributed by atoms with E-state index in [1.165, 1.54) is 26.4 Å². The highest BCUT2D eigenvalue weighted by Crippen LogP contribution is 2.40. The zero-order valence-electron chi connectivity index (χ0n) is 11.7. The summed E-state index contributed by atoms with van der Waals surface area (Å²) in [6.45, 7) is 3.39. The molecule has 0 fully saturated rings. The van der Waals surface area contributed by atoms with Crippen LogP contribution in [-0.2, 0) is 4.79 Å². The number of hydrogen-bond acceptors (Lipinski definition) is 5. The van der Waals surface area contributed by atoms with Crippen molar-refractivity contribution < 1.29 is 24.3 Å². The zero-order valence-corrected chi connectivity index (χ0v) is 11.7. The molecule has 1 aromatic carbocycles. The molecule has 7 nitrogen and oxygen atoms in total. The lowest BCUT2D eigenvalue weighted by Crippen LogP contribution is -2.19. The third kappa shape index (κ3) is 2.98. The molecule has 0 aliphatic carbocycles. The molecule has 0 aliphatic heterocycles. The molecule has 0 radical (unpaired) electrons. The Morgan fingerprint density at radius 1 is 1.25 bits per heavy atom. The lowest BCUT2D eigenvalue weighted by molar-refractivity contribution is -0.385. The number of carboxylic acids is 1. The fourth-order valence-electron chi connectivity index (χ4n) is 2.07. The van der Waals surface area contributed by atoms with Crippen molar-refractivity contribution in [3.8, 4) is 11.5 Å². The van der Waals surface area contributed by atoms with Crippen molar-refractivity contribution >= 4 is 11.7 Å². The molecular formula is C13H17NO6. The van der Waals surface area contributed by atoms with E-state index < -0.39 is 16.8 Å². The molecule has 0 heterocycles. The molecule has 1 aromatic rings. The molecule has 0 spiro atoms. The zero-order chi connectivity index (χ0) is 15.4. The van der Waals surface area contributed by atoms with Crippen molar-refractivity contribution in [2.75, 3.05) is 14.2 Å². The standard InChI is InChI=1S/C13H17NO6/c1-7(2)12(13(15)16)8-5-10(19-3)11(20-4)6-9(8)14(17)18/h5-7,12H,1-4H3,(H,15,16). The van der Waals surface area contributed by atoms with Crippen LogP contribution in [0.1, 0.15) is 25.3 Å². The Bertz CT molecular complexity index is 526. The second kappa shape index (κ2) is 6.23. The van der Waals surface area contributed by atoms with Crippen LogP contribution in [0.5, 0.6) is 11.5 Å². The van der Waals surface area contributed by atoms with Crippen LogP contribution in [0.15, 0.2) is 12.1 Å². The number of carbonyl (C=O) groups is 1. The van der Waals surface area contributed by atoms with Crippen molar-refractivity contribution in [1.82, 2.24) is 0 Å². The second-order valence-electron chi connectivity index (χ2n) is 4.58. The first-order valence-corrected chi connectivity index (χ1v) is 5.96. The molecule has 0 saturated carbocycles. The van der Waals surface area contributed by atoms with Gasteiger partial charge in [0.1, 0.15) is 0 Å². The first-order valence-electron chi connectivity index (χ1n) is 5.96. The van der Waals surface area contributed by atoms with Gasteiger partial charge in [-0.3, -0.25) is 14.9 Å². The SMILES string of the molecule is COc1cc(C(C(=O)O)C(C)C)c([N+](=O)[O-])cc1OC. The quantitative estimate of drug-likeness (QED) is 0.636. The van der Waals surface area contributed by atoms with Gasteiger partial charge < -0.3 is 14.6 Å². The molecule has 0 aliphatic rings. The highest BCUT2D eigenvalue weighted by atomic mass is 16.6. The molecule has 1 rings (SSSR count). The molecule has 0 saturated heterocycles. The lowest BCUT2D eigenvalue weighted by Gasteiger charge is -2.18. The molecule has 0 amide bonds. The Kier molecular flexibility index (Phi) is 4.90. The number of nitrogens with zero attached hydrogens (tertiary/aromatic N) is 1. The van der Waals surface area contributed by atoms with Crippen LogP contribution in [0.2, 0.25) is 0 Å². The summed E-state index contributed by atoms with van der Waals surface area (Å²) in [6, 6.07) is 2.54.